The van der Waals surface area contributed by atoms with E-state index in [0.717, 1.165) is 17.7 Å². The molecule has 0 saturated carbocycles. The van der Waals surface area contributed by atoms with Crippen molar-refractivity contribution in [1.29, 1.82) is 0 Å². The van der Waals surface area contributed by atoms with Crippen molar-refractivity contribution in [3.8, 4) is 0 Å². The fourth-order valence-electron chi connectivity index (χ4n) is 3.57. The number of nitrogens with zero attached hydrogens (tertiary/aromatic N) is 5. The normalized spacial score (nSPS) is 18.8. The van der Waals surface area contributed by atoms with Gasteiger partial charge in [-0.1, -0.05) is 12.1 Å². The summed E-state index contributed by atoms with van der Waals surface area (Å²) in [6.07, 6.45) is -1.73. The van der Waals surface area contributed by atoms with Gasteiger partial charge in [0.15, 0.2) is 11.5 Å². The van der Waals surface area contributed by atoms with Crippen LogP contribution in [0, 0.1) is 0 Å². The van der Waals surface area contributed by atoms with Crippen molar-refractivity contribution in [2.45, 2.75) is 11.8 Å². The zero-order valence-corrected chi connectivity index (χ0v) is 18.5. The van der Waals surface area contributed by atoms with E-state index in [4.69, 9.17) is 0 Å². The number of amides is 2. The van der Waals surface area contributed by atoms with Crippen LogP contribution in [-0.4, -0.2) is 51.4 Å². The van der Waals surface area contributed by atoms with Crippen LogP contribution in [0.25, 0.3) is 0 Å². The Morgan fingerprint density at radius 2 is 1.68 bits per heavy atom. The first-order valence-corrected chi connectivity index (χ1v) is 10.1. The molecule has 176 valence electrons. The first-order chi connectivity index (χ1) is 16.1. The molecule has 0 aliphatic carbocycles. The highest BCUT2D eigenvalue weighted by Crippen LogP contribution is 2.34. The number of nitrogens with one attached hydrogen (secondary N) is 3. The largest absolute Gasteiger partial charge is 0.416 e. The van der Waals surface area contributed by atoms with Crippen molar-refractivity contribution in [2.24, 2.45) is 20.0 Å². The Balaban J connectivity index is 1.51. The van der Waals surface area contributed by atoms with Crippen molar-refractivity contribution in [3.05, 3.63) is 53.6 Å². The van der Waals surface area contributed by atoms with Gasteiger partial charge in [-0.2, -0.15) is 13.2 Å². The predicted molar refractivity (Wildman–Crippen MR) is 127 cm³/mol. The number of rotatable bonds is 5. The minimum atomic E-state index is -4.54. The van der Waals surface area contributed by atoms with E-state index in [-0.39, 0.29) is 5.69 Å². The number of amidine groups is 1. The van der Waals surface area contributed by atoms with Crippen LogP contribution in [0.1, 0.15) is 11.1 Å². The predicted octanol–water partition coefficient (Wildman–Crippen LogP) is 3.71. The van der Waals surface area contributed by atoms with Crippen molar-refractivity contribution in [1.82, 2.24) is 5.32 Å². The Morgan fingerprint density at radius 3 is 2.32 bits per heavy atom. The van der Waals surface area contributed by atoms with E-state index in [9.17, 15) is 18.0 Å². The molecule has 0 radical (unpaired) electrons. The van der Waals surface area contributed by atoms with Gasteiger partial charge in [-0.05, 0) is 37.4 Å². The third kappa shape index (κ3) is 4.39. The molecular formula is C22H21F3N8O. The first-order valence-electron chi connectivity index (χ1n) is 10.1. The summed E-state index contributed by atoms with van der Waals surface area (Å²) in [5.41, 5.74) is 0.219. The fourth-order valence-corrected chi connectivity index (χ4v) is 3.57. The molecule has 4 rings (SSSR count). The summed E-state index contributed by atoms with van der Waals surface area (Å²) < 4.78 is 39.7. The molecule has 2 aromatic carbocycles. The molecule has 9 nitrogen and oxygen atoms in total. The maximum atomic E-state index is 13.2. The quantitative estimate of drug-likeness (QED) is 0.620. The lowest BCUT2D eigenvalue weighted by Gasteiger charge is -2.31. The molecule has 0 saturated heterocycles. The lowest BCUT2D eigenvalue weighted by atomic mass is 9.93. The molecule has 2 heterocycles. The molecule has 0 bridgehead atoms. The smallest absolute Gasteiger partial charge is 0.378 e. The topological polar surface area (TPSA) is 106 Å². The van der Waals surface area contributed by atoms with E-state index in [0.29, 0.717) is 22.9 Å². The molecule has 0 aromatic heterocycles. The lowest BCUT2D eigenvalue weighted by molar-refractivity contribution is -0.137. The third-order valence-corrected chi connectivity index (χ3v) is 5.29. The number of urea groups is 1. The van der Waals surface area contributed by atoms with Crippen LogP contribution in [-0.2, 0) is 11.8 Å². The van der Waals surface area contributed by atoms with Crippen molar-refractivity contribution >= 4 is 47.3 Å². The molecule has 1 unspecified atom stereocenters. The zero-order valence-electron chi connectivity index (χ0n) is 18.5. The van der Waals surface area contributed by atoms with Gasteiger partial charge in [0, 0.05) is 36.7 Å². The van der Waals surface area contributed by atoms with Crippen LogP contribution in [0.5, 0.6) is 0 Å². The summed E-state index contributed by atoms with van der Waals surface area (Å²) in [4.78, 5) is 31.0. The number of anilines is 3. The number of hydrogen-bond donors (Lipinski definition) is 3. The molecule has 3 N–H and O–H groups in total. The van der Waals surface area contributed by atoms with Gasteiger partial charge < -0.3 is 15.5 Å². The highest BCUT2D eigenvalue weighted by Gasteiger charge is 2.41. The van der Waals surface area contributed by atoms with Crippen LogP contribution >= 0.6 is 0 Å². The summed E-state index contributed by atoms with van der Waals surface area (Å²) >= 11 is 0. The number of benzene rings is 2. The Morgan fingerprint density at radius 1 is 0.971 bits per heavy atom. The highest BCUT2D eigenvalue weighted by atomic mass is 19.4. The van der Waals surface area contributed by atoms with Crippen molar-refractivity contribution in [2.75, 3.05) is 36.7 Å². The summed E-state index contributed by atoms with van der Waals surface area (Å²) in [7, 11) is 4.97. The maximum Gasteiger partial charge on any atom is 0.416 e. The van der Waals surface area contributed by atoms with Gasteiger partial charge in [0.2, 0.25) is 0 Å². The van der Waals surface area contributed by atoms with Gasteiger partial charge in [-0.3, -0.25) is 5.32 Å². The second kappa shape index (κ2) is 8.71. The summed E-state index contributed by atoms with van der Waals surface area (Å²) in [6.45, 7) is 0. The van der Waals surface area contributed by atoms with Crippen LogP contribution < -0.4 is 20.9 Å². The number of aliphatic imine (C=N–C) groups is 4. The Bertz CT molecular complexity index is 1230. The number of carbonyl (C=O) groups is 1. The van der Waals surface area contributed by atoms with Gasteiger partial charge >= 0.3 is 12.2 Å². The molecule has 0 spiro atoms. The number of carbonyl (C=O) groups excluding carboxylic acids is 1. The van der Waals surface area contributed by atoms with E-state index < -0.39 is 23.4 Å². The Kier molecular flexibility index (Phi) is 5.92. The average molecular weight is 470 g/mol. The monoisotopic (exact) mass is 470 g/mol. The molecule has 1 atom stereocenters. The molecule has 2 aliphatic rings. The lowest BCUT2D eigenvalue weighted by Crippen LogP contribution is -2.49. The van der Waals surface area contributed by atoms with E-state index in [1.165, 1.54) is 23.6 Å². The standard InChI is InChI=1S/C22H21F3N8O/c1-26-21(18-19(28-11-27-18)29-12-30-21)13-4-6-15(7-5-13)31-20(34)32-16-8-14(22(23,24)25)9-17(10-16)33(2)3/h4-12,26H,1-3H3,(H2,31,32,34). The molecule has 2 amide bonds. The minimum Gasteiger partial charge on any atom is -0.378 e. The number of alkyl halides is 3. The number of hydrogen-bond acceptors (Lipinski definition) is 7. The van der Waals surface area contributed by atoms with Crippen molar-refractivity contribution < 1.29 is 18.0 Å². The fraction of sp³-hybridized carbons (Fsp3) is 0.227. The molecule has 0 fully saturated rings. The summed E-state index contributed by atoms with van der Waals surface area (Å²) in [5.74, 6) is 0.462. The van der Waals surface area contributed by atoms with E-state index in [2.05, 4.69) is 35.9 Å². The van der Waals surface area contributed by atoms with E-state index >= 15 is 0 Å². The van der Waals surface area contributed by atoms with Crippen LogP contribution in [0.3, 0.4) is 0 Å². The molecule has 2 aromatic rings. The van der Waals surface area contributed by atoms with E-state index in [1.54, 1.807) is 45.4 Å². The Labute approximate surface area is 193 Å². The van der Waals surface area contributed by atoms with Gasteiger partial charge in [0.1, 0.15) is 18.4 Å². The molecular weight excluding hydrogens is 449 g/mol. The second-order valence-corrected chi connectivity index (χ2v) is 7.70. The Hall–Kier alpha value is -4.06. The SMILES string of the molecule is CNC1(c2ccc(NC(=O)Nc3cc(N(C)C)cc(C(F)(F)F)c3)cc2)N=CN=C2N=CN=C21. The minimum absolute atomic E-state index is 0.0179. The second-order valence-electron chi connectivity index (χ2n) is 7.70. The van der Waals surface area contributed by atoms with Gasteiger partial charge in [-0.25, -0.2) is 24.8 Å². The highest BCUT2D eigenvalue weighted by molar-refractivity contribution is 6.50. The van der Waals surface area contributed by atoms with Gasteiger partial charge in [-0.15, -0.1) is 0 Å². The number of fused-ring (bicyclic) bond motifs is 1. The molecule has 12 heteroatoms. The van der Waals surface area contributed by atoms with Crippen LogP contribution in [0.2, 0.25) is 0 Å². The van der Waals surface area contributed by atoms with Gasteiger partial charge in [0.25, 0.3) is 0 Å². The first kappa shape index (κ1) is 23.1. The third-order valence-electron chi connectivity index (χ3n) is 5.29. The molecule has 34 heavy (non-hydrogen) atoms. The van der Waals surface area contributed by atoms with E-state index in [1.807, 2.05) is 0 Å². The molecule has 2 aliphatic heterocycles. The van der Waals surface area contributed by atoms with Gasteiger partial charge in [0.05, 0.1) is 5.56 Å². The number of halogens is 3. The van der Waals surface area contributed by atoms with Crippen molar-refractivity contribution in [3.63, 3.8) is 0 Å². The summed E-state index contributed by atoms with van der Waals surface area (Å²) in [6, 6.07) is 9.49. The average Bonchev–Trinajstić information content (AvgIpc) is 3.28. The zero-order chi connectivity index (χ0) is 24.5. The summed E-state index contributed by atoms with van der Waals surface area (Å²) in [5, 5.41) is 8.23. The van der Waals surface area contributed by atoms with Crippen LogP contribution in [0.4, 0.5) is 35.0 Å². The maximum absolute atomic E-state index is 13.2. The van der Waals surface area contributed by atoms with Crippen LogP contribution in [0.15, 0.2) is 62.4 Å².